The summed E-state index contributed by atoms with van der Waals surface area (Å²) >= 11 is 1.18. The van der Waals surface area contributed by atoms with Gasteiger partial charge in [0, 0.05) is 6.20 Å². The van der Waals surface area contributed by atoms with E-state index < -0.39 is 16.1 Å². The second-order valence-corrected chi connectivity index (χ2v) is 9.51. The van der Waals surface area contributed by atoms with Crippen LogP contribution in [0.3, 0.4) is 0 Å². The van der Waals surface area contributed by atoms with E-state index >= 15 is 0 Å². The van der Waals surface area contributed by atoms with Crippen LogP contribution in [0.15, 0.2) is 52.3 Å². The third kappa shape index (κ3) is 3.14. The van der Waals surface area contributed by atoms with Gasteiger partial charge in [0.1, 0.15) is 28.2 Å². The molecule has 3 aromatic rings. The van der Waals surface area contributed by atoms with Gasteiger partial charge in [0.2, 0.25) is 10.0 Å². The lowest BCUT2D eigenvalue weighted by atomic mass is 10.1. The number of aromatic nitrogens is 4. The van der Waals surface area contributed by atoms with Crippen molar-refractivity contribution >= 4 is 21.4 Å². The van der Waals surface area contributed by atoms with E-state index in [2.05, 4.69) is 20.0 Å². The van der Waals surface area contributed by atoms with E-state index in [9.17, 15) is 8.42 Å². The molecule has 28 heavy (non-hydrogen) atoms. The Bertz CT molecular complexity index is 1050. The second-order valence-electron chi connectivity index (χ2n) is 6.62. The van der Waals surface area contributed by atoms with E-state index in [0.29, 0.717) is 12.3 Å². The van der Waals surface area contributed by atoms with E-state index in [1.165, 1.54) is 11.3 Å². The first-order valence-corrected chi connectivity index (χ1v) is 11.1. The van der Waals surface area contributed by atoms with Gasteiger partial charge >= 0.3 is 0 Å². The lowest BCUT2D eigenvalue weighted by molar-refractivity contribution is 0.0624. The molecule has 146 valence electrons. The highest BCUT2D eigenvalue weighted by atomic mass is 32.2. The van der Waals surface area contributed by atoms with Gasteiger partial charge in [-0.1, -0.05) is 17.3 Å². The largest absolute Gasteiger partial charge is 0.371 e. The lowest BCUT2D eigenvalue weighted by Gasteiger charge is -2.17. The molecule has 3 aromatic heterocycles. The monoisotopic (exact) mass is 419 g/mol. The van der Waals surface area contributed by atoms with Crippen LogP contribution in [0.1, 0.15) is 6.04 Å². The third-order valence-electron chi connectivity index (χ3n) is 4.87. The molecule has 5 rings (SSSR count). The van der Waals surface area contributed by atoms with Crippen molar-refractivity contribution in [3.8, 4) is 11.4 Å². The molecule has 0 spiro atoms. The van der Waals surface area contributed by atoms with Crippen LogP contribution in [0.5, 0.6) is 0 Å². The maximum absolute atomic E-state index is 12.5. The van der Waals surface area contributed by atoms with Crippen molar-refractivity contribution in [2.24, 2.45) is 0 Å². The Labute approximate surface area is 165 Å². The van der Waals surface area contributed by atoms with Crippen LogP contribution >= 0.6 is 11.3 Å². The smallest absolute Gasteiger partial charge is 0.250 e. The normalized spacial score (nSPS) is 27.1. The number of pyridine rings is 1. The summed E-state index contributed by atoms with van der Waals surface area (Å²) in [6, 6.07) is 8.26. The van der Waals surface area contributed by atoms with Gasteiger partial charge in [-0.05, 0) is 23.6 Å². The molecule has 0 aliphatic carbocycles. The molecule has 2 saturated heterocycles. The van der Waals surface area contributed by atoms with E-state index in [0.717, 1.165) is 5.69 Å². The zero-order chi connectivity index (χ0) is 19.1. The van der Waals surface area contributed by atoms with Crippen LogP contribution in [0.25, 0.3) is 11.4 Å². The lowest BCUT2D eigenvalue weighted by Crippen LogP contribution is -2.43. The van der Waals surface area contributed by atoms with Crippen molar-refractivity contribution in [3.63, 3.8) is 0 Å². The Morgan fingerprint density at radius 3 is 2.79 bits per heavy atom. The Morgan fingerprint density at radius 2 is 2.00 bits per heavy atom. The highest BCUT2D eigenvalue weighted by Crippen LogP contribution is 2.35. The number of sulfonamides is 1. The molecule has 4 atom stereocenters. The fourth-order valence-corrected chi connectivity index (χ4v) is 5.79. The van der Waals surface area contributed by atoms with Crippen molar-refractivity contribution in [3.05, 3.63) is 48.1 Å². The van der Waals surface area contributed by atoms with Gasteiger partial charge < -0.3 is 9.47 Å². The number of ether oxygens (including phenoxy) is 2. The van der Waals surface area contributed by atoms with Crippen molar-refractivity contribution in [1.29, 1.82) is 0 Å². The van der Waals surface area contributed by atoms with E-state index in [1.807, 2.05) is 24.4 Å². The molecular weight excluding hydrogens is 402 g/mol. The van der Waals surface area contributed by atoms with Gasteiger partial charge in [-0.2, -0.15) is 0 Å². The van der Waals surface area contributed by atoms with Gasteiger partial charge in [-0.3, -0.25) is 4.98 Å². The summed E-state index contributed by atoms with van der Waals surface area (Å²) in [6.45, 7) is 0.621. The molecule has 0 amide bonds. The van der Waals surface area contributed by atoms with Crippen molar-refractivity contribution in [2.45, 2.75) is 28.5 Å². The average Bonchev–Trinajstić information content (AvgIpc) is 3.48. The molecular formula is C17H17N5O4S2. The van der Waals surface area contributed by atoms with Crippen LogP contribution < -0.4 is 4.72 Å². The maximum atomic E-state index is 12.5. The van der Waals surface area contributed by atoms with Gasteiger partial charge in [-0.15, -0.1) is 16.4 Å². The van der Waals surface area contributed by atoms with Crippen molar-refractivity contribution in [2.75, 3.05) is 13.2 Å². The predicted octanol–water partition coefficient (Wildman–Crippen LogP) is 1.09. The Kier molecular flexibility index (Phi) is 4.48. The number of hydrogen-bond donors (Lipinski definition) is 1. The Balaban J connectivity index is 1.32. The molecule has 2 fully saturated rings. The SMILES string of the molecule is O=S(=O)(N[C@H]1CO[C@H]2[C@@H]1OC[C@@H]2n1cc(-c2ccccn2)nn1)c1cccs1. The minimum atomic E-state index is -3.59. The first-order chi connectivity index (χ1) is 13.6. The van der Waals surface area contributed by atoms with Gasteiger partial charge in [0.15, 0.2) is 0 Å². The fourth-order valence-electron chi connectivity index (χ4n) is 3.55. The molecule has 1 N–H and O–H groups in total. The summed E-state index contributed by atoms with van der Waals surface area (Å²) in [5.41, 5.74) is 1.40. The van der Waals surface area contributed by atoms with Gasteiger partial charge in [0.25, 0.3) is 0 Å². The van der Waals surface area contributed by atoms with Crippen LogP contribution in [-0.4, -0.2) is 59.9 Å². The number of fused-ring (bicyclic) bond motifs is 1. The van der Waals surface area contributed by atoms with Gasteiger partial charge in [-0.25, -0.2) is 17.8 Å². The molecule has 0 unspecified atom stereocenters. The number of rotatable bonds is 5. The first kappa shape index (κ1) is 17.9. The number of thiophene rings is 1. The highest BCUT2D eigenvalue weighted by molar-refractivity contribution is 7.91. The standard InChI is InChI=1S/C17H17N5O4S2/c23-28(24,15-5-3-7-27-15)20-13-9-25-17-14(10-26-16(13)17)22-8-12(19-21-22)11-4-1-2-6-18-11/h1-8,13-14,16-17,20H,9-10H2/t13-,14-,16+,17+/m0/s1. The molecule has 0 aromatic carbocycles. The topological polar surface area (TPSA) is 108 Å². The zero-order valence-electron chi connectivity index (χ0n) is 14.6. The van der Waals surface area contributed by atoms with Crippen molar-refractivity contribution in [1.82, 2.24) is 24.7 Å². The van der Waals surface area contributed by atoms with E-state index in [-0.39, 0.29) is 29.1 Å². The molecule has 0 radical (unpaired) electrons. The Hall–Kier alpha value is -2.18. The molecule has 2 aliphatic heterocycles. The van der Waals surface area contributed by atoms with E-state index in [4.69, 9.17) is 9.47 Å². The first-order valence-electron chi connectivity index (χ1n) is 8.74. The highest BCUT2D eigenvalue weighted by Gasteiger charge is 2.50. The minimum Gasteiger partial charge on any atom is -0.371 e. The van der Waals surface area contributed by atoms with Gasteiger partial charge in [0.05, 0.1) is 31.1 Å². The summed E-state index contributed by atoms with van der Waals surface area (Å²) in [7, 11) is -3.59. The molecule has 5 heterocycles. The fraction of sp³-hybridized carbons (Fsp3) is 0.353. The van der Waals surface area contributed by atoms with Crippen molar-refractivity contribution < 1.29 is 17.9 Å². The van der Waals surface area contributed by atoms with E-state index in [1.54, 1.807) is 28.4 Å². The third-order valence-corrected chi connectivity index (χ3v) is 7.76. The number of nitrogens with zero attached hydrogens (tertiary/aromatic N) is 4. The predicted molar refractivity (Wildman–Crippen MR) is 100 cm³/mol. The molecule has 0 bridgehead atoms. The summed E-state index contributed by atoms with van der Waals surface area (Å²) in [5.74, 6) is 0. The molecule has 0 saturated carbocycles. The summed E-state index contributed by atoms with van der Waals surface area (Å²) < 4.78 is 41.5. The average molecular weight is 419 g/mol. The second kappa shape index (κ2) is 7.01. The summed E-state index contributed by atoms with van der Waals surface area (Å²) in [4.78, 5) is 4.28. The maximum Gasteiger partial charge on any atom is 0.250 e. The van der Waals surface area contributed by atoms with Crippen LogP contribution in [-0.2, 0) is 19.5 Å². The minimum absolute atomic E-state index is 0.175. The van der Waals surface area contributed by atoms with Crippen LogP contribution in [0, 0.1) is 0 Å². The Morgan fingerprint density at radius 1 is 1.11 bits per heavy atom. The zero-order valence-corrected chi connectivity index (χ0v) is 16.2. The molecule has 2 aliphatic rings. The quantitative estimate of drug-likeness (QED) is 0.659. The molecule has 9 nitrogen and oxygen atoms in total. The van der Waals surface area contributed by atoms with Crippen LogP contribution in [0.4, 0.5) is 0 Å². The molecule has 11 heteroatoms. The summed E-state index contributed by atoms with van der Waals surface area (Å²) in [6.07, 6.45) is 2.84. The summed E-state index contributed by atoms with van der Waals surface area (Å²) in [5, 5.41) is 10.1. The van der Waals surface area contributed by atoms with Crippen LogP contribution in [0.2, 0.25) is 0 Å². The number of nitrogens with one attached hydrogen (secondary N) is 1. The number of hydrogen-bond acceptors (Lipinski definition) is 8.